The van der Waals surface area contributed by atoms with Gasteiger partial charge in [0, 0.05) is 11.3 Å². The van der Waals surface area contributed by atoms with Gasteiger partial charge < -0.3 is 4.74 Å². The average molecular weight is 367 g/mol. The number of hydrazone groups is 1. The number of ether oxygens (including phenoxy) is 1. The number of nitrogens with zero attached hydrogens (tertiary/aromatic N) is 1. The zero-order valence-corrected chi connectivity index (χ0v) is 14.5. The molecule has 1 amide bonds. The molecule has 0 heterocycles. The fourth-order valence-electron chi connectivity index (χ4n) is 1.82. The van der Waals surface area contributed by atoms with Gasteiger partial charge in [0.05, 0.1) is 24.1 Å². The van der Waals surface area contributed by atoms with Gasteiger partial charge in [-0.05, 0) is 29.8 Å². The summed E-state index contributed by atoms with van der Waals surface area (Å²) in [4.78, 5) is 11.7. The zero-order chi connectivity index (χ0) is 17.4. The van der Waals surface area contributed by atoms with Gasteiger partial charge in [0.2, 0.25) is 5.91 Å². The van der Waals surface area contributed by atoms with Crippen LogP contribution in [-0.4, -0.2) is 25.0 Å². The standard InChI is InChI=1S/C17H16ClFN2O2S/c1-23-13-7-5-12(6-8-13)10-24-11-17(22)21-20-9-14-15(18)3-2-4-16(14)19/h2-9H,10-11H2,1H3,(H,21,22)/b20-9+. The van der Waals surface area contributed by atoms with Crippen molar-refractivity contribution in [2.24, 2.45) is 5.10 Å². The quantitative estimate of drug-likeness (QED) is 0.597. The maximum Gasteiger partial charge on any atom is 0.250 e. The molecule has 0 saturated heterocycles. The highest BCUT2D eigenvalue weighted by atomic mass is 35.5. The van der Waals surface area contributed by atoms with E-state index in [1.807, 2.05) is 24.3 Å². The summed E-state index contributed by atoms with van der Waals surface area (Å²) >= 11 is 7.31. The number of hydrogen-bond acceptors (Lipinski definition) is 4. The third-order valence-corrected chi connectivity index (χ3v) is 4.38. The maximum atomic E-state index is 13.5. The van der Waals surface area contributed by atoms with Crippen LogP contribution in [0.1, 0.15) is 11.1 Å². The summed E-state index contributed by atoms with van der Waals surface area (Å²) < 4.78 is 18.6. The van der Waals surface area contributed by atoms with Crippen molar-refractivity contribution in [3.8, 4) is 5.75 Å². The van der Waals surface area contributed by atoms with Gasteiger partial charge in [-0.2, -0.15) is 5.10 Å². The second kappa shape index (κ2) is 9.30. The largest absolute Gasteiger partial charge is 0.497 e. The molecule has 0 aromatic heterocycles. The van der Waals surface area contributed by atoms with E-state index in [9.17, 15) is 9.18 Å². The molecule has 24 heavy (non-hydrogen) atoms. The van der Waals surface area contributed by atoms with Crippen molar-refractivity contribution in [1.29, 1.82) is 0 Å². The topological polar surface area (TPSA) is 50.7 Å². The van der Waals surface area contributed by atoms with Crippen LogP contribution in [0.25, 0.3) is 0 Å². The molecule has 0 unspecified atom stereocenters. The Kier molecular flexibility index (Phi) is 7.08. The van der Waals surface area contributed by atoms with E-state index in [2.05, 4.69) is 10.5 Å². The molecule has 2 rings (SSSR count). The molecule has 1 N–H and O–H groups in total. The maximum absolute atomic E-state index is 13.5. The molecule has 0 radical (unpaired) electrons. The number of thioether (sulfide) groups is 1. The van der Waals surface area contributed by atoms with Crippen LogP contribution in [0.3, 0.4) is 0 Å². The zero-order valence-electron chi connectivity index (χ0n) is 13.0. The predicted octanol–water partition coefficient (Wildman–Crippen LogP) is 3.87. The Morgan fingerprint density at radius 3 is 2.75 bits per heavy atom. The number of hydrogen-bond donors (Lipinski definition) is 1. The molecule has 0 bridgehead atoms. The normalized spacial score (nSPS) is 10.8. The molecule has 7 heteroatoms. The minimum absolute atomic E-state index is 0.144. The van der Waals surface area contributed by atoms with E-state index in [1.54, 1.807) is 13.2 Å². The molecule has 0 spiro atoms. The van der Waals surface area contributed by atoms with E-state index in [-0.39, 0.29) is 22.2 Å². The lowest BCUT2D eigenvalue weighted by molar-refractivity contribution is -0.118. The van der Waals surface area contributed by atoms with Gasteiger partial charge >= 0.3 is 0 Å². The van der Waals surface area contributed by atoms with Crippen LogP contribution in [0.15, 0.2) is 47.6 Å². The van der Waals surface area contributed by atoms with Crippen LogP contribution in [0.5, 0.6) is 5.75 Å². The summed E-state index contributed by atoms with van der Waals surface area (Å²) in [6, 6.07) is 12.0. The first-order valence-corrected chi connectivity index (χ1v) is 8.60. The molecular formula is C17H16ClFN2O2S. The highest BCUT2D eigenvalue weighted by Crippen LogP contribution is 2.17. The third-order valence-electron chi connectivity index (χ3n) is 3.04. The highest BCUT2D eigenvalue weighted by molar-refractivity contribution is 7.99. The lowest BCUT2D eigenvalue weighted by atomic mass is 10.2. The van der Waals surface area contributed by atoms with Crippen molar-refractivity contribution >= 4 is 35.5 Å². The Labute approximate surface area is 149 Å². The molecule has 0 fully saturated rings. The molecular weight excluding hydrogens is 351 g/mol. The number of halogens is 2. The van der Waals surface area contributed by atoms with Crippen LogP contribution >= 0.6 is 23.4 Å². The molecule has 0 aliphatic rings. The lowest BCUT2D eigenvalue weighted by Gasteiger charge is -2.03. The van der Waals surface area contributed by atoms with Crippen molar-refractivity contribution in [2.75, 3.05) is 12.9 Å². The molecule has 4 nitrogen and oxygen atoms in total. The number of carbonyl (C=O) groups excluding carboxylic acids is 1. The van der Waals surface area contributed by atoms with Gasteiger partial charge in [0.1, 0.15) is 11.6 Å². The van der Waals surface area contributed by atoms with Crippen molar-refractivity contribution < 1.29 is 13.9 Å². The second-order valence-electron chi connectivity index (χ2n) is 4.77. The molecule has 2 aromatic rings. The minimum Gasteiger partial charge on any atom is -0.497 e. The third kappa shape index (κ3) is 5.54. The van der Waals surface area contributed by atoms with E-state index in [0.717, 1.165) is 11.3 Å². The molecule has 0 aliphatic carbocycles. The fraction of sp³-hybridized carbons (Fsp3) is 0.176. The summed E-state index contributed by atoms with van der Waals surface area (Å²) in [5.74, 6) is 0.975. The summed E-state index contributed by atoms with van der Waals surface area (Å²) in [7, 11) is 1.61. The van der Waals surface area contributed by atoms with Crippen LogP contribution < -0.4 is 10.2 Å². The first kappa shape index (κ1) is 18.3. The summed E-state index contributed by atoms with van der Waals surface area (Å²) in [5.41, 5.74) is 3.59. The first-order valence-electron chi connectivity index (χ1n) is 7.06. The predicted molar refractivity (Wildman–Crippen MR) is 96.3 cm³/mol. The Hall–Kier alpha value is -2.05. The van der Waals surface area contributed by atoms with Crippen molar-refractivity contribution in [3.05, 3.63) is 64.4 Å². The highest BCUT2D eigenvalue weighted by Gasteiger charge is 2.04. The Balaban J connectivity index is 1.76. The van der Waals surface area contributed by atoms with Crippen molar-refractivity contribution in [2.45, 2.75) is 5.75 Å². The smallest absolute Gasteiger partial charge is 0.250 e. The Morgan fingerprint density at radius 2 is 2.08 bits per heavy atom. The first-order chi connectivity index (χ1) is 11.6. The monoisotopic (exact) mass is 366 g/mol. The number of benzene rings is 2. The fourth-order valence-corrected chi connectivity index (χ4v) is 2.81. The Morgan fingerprint density at radius 1 is 1.33 bits per heavy atom. The number of methoxy groups -OCH3 is 1. The summed E-state index contributed by atoms with van der Waals surface area (Å²) in [6.45, 7) is 0. The minimum atomic E-state index is -0.491. The number of amides is 1. The average Bonchev–Trinajstić information content (AvgIpc) is 2.58. The van der Waals surface area contributed by atoms with E-state index in [4.69, 9.17) is 16.3 Å². The molecule has 0 atom stereocenters. The molecule has 0 aliphatic heterocycles. The van der Waals surface area contributed by atoms with Gasteiger partial charge in [-0.15, -0.1) is 11.8 Å². The summed E-state index contributed by atoms with van der Waals surface area (Å²) in [5, 5.41) is 3.97. The van der Waals surface area contributed by atoms with Gasteiger partial charge in [0.15, 0.2) is 0 Å². The number of nitrogens with one attached hydrogen (secondary N) is 1. The van der Waals surface area contributed by atoms with Crippen LogP contribution in [-0.2, 0) is 10.5 Å². The van der Waals surface area contributed by atoms with Gasteiger partial charge in [0.25, 0.3) is 0 Å². The van der Waals surface area contributed by atoms with Gasteiger partial charge in [-0.25, -0.2) is 9.82 Å². The second-order valence-corrected chi connectivity index (χ2v) is 6.16. The summed E-state index contributed by atoms with van der Waals surface area (Å²) in [6.07, 6.45) is 1.20. The molecule has 0 saturated carbocycles. The molecule has 126 valence electrons. The lowest BCUT2D eigenvalue weighted by Crippen LogP contribution is -2.19. The van der Waals surface area contributed by atoms with Gasteiger partial charge in [-0.3, -0.25) is 4.79 Å². The van der Waals surface area contributed by atoms with E-state index < -0.39 is 5.82 Å². The SMILES string of the molecule is COc1ccc(CSCC(=O)N/N=C/c2c(F)cccc2Cl)cc1. The number of rotatable bonds is 7. The van der Waals surface area contributed by atoms with Gasteiger partial charge in [-0.1, -0.05) is 29.8 Å². The van der Waals surface area contributed by atoms with E-state index in [1.165, 1.54) is 30.1 Å². The van der Waals surface area contributed by atoms with Crippen molar-refractivity contribution in [3.63, 3.8) is 0 Å². The van der Waals surface area contributed by atoms with E-state index in [0.29, 0.717) is 5.75 Å². The molecule has 2 aromatic carbocycles. The van der Waals surface area contributed by atoms with Crippen LogP contribution in [0.4, 0.5) is 4.39 Å². The van der Waals surface area contributed by atoms with Crippen LogP contribution in [0, 0.1) is 5.82 Å². The van der Waals surface area contributed by atoms with Crippen LogP contribution in [0.2, 0.25) is 5.02 Å². The Bertz CT molecular complexity index is 703. The number of carbonyl (C=O) groups is 1. The van der Waals surface area contributed by atoms with E-state index >= 15 is 0 Å². The van der Waals surface area contributed by atoms with Crippen molar-refractivity contribution in [1.82, 2.24) is 5.43 Å².